The Hall–Kier alpha value is -3.42. The van der Waals surface area contributed by atoms with Gasteiger partial charge in [-0.15, -0.1) is 5.10 Å². The van der Waals surface area contributed by atoms with Gasteiger partial charge in [-0.25, -0.2) is 9.07 Å². The summed E-state index contributed by atoms with van der Waals surface area (Å²) in [6, 6.07) is 11.3. The molecule has 3 heterocycles. The molecule has 0 atom stereocenters. The number of aromatic nitrogens is 6. The molecule has 0 aliphatic carbocycles. The van der Waals surface area contributed by atoms with Crippen LogP contribution in [0.3, 0.4) is 0 Å². The van der Waals surface area contributed by atoms with Gasteiger partial charge in [0.2, 0.25) is 5.82 Å². The molecule has 112 valence electrons. The number of benzene rings is 1. The Morgan fingerprint density at radius 1 is 1.00 bits per heavy atom. The van der Waals surface area contributed by atoms with Crippen LogP contribution in [0, 0.1) is 5.82 Å². The van der Waals surface area contributed by atoms with Crippen LogP contribution in [0.1, 0.15) is 0 Å². The van der Waals surface area contributed by atoms with Crippen molar-refractivity contribution in [2.45, 2.75) is 0 Å². The average molecular weight is 308 g/mol. The van der Waals surface area contributed by atoms with Crippen LogP contribution in [0.25, 0.3) is 28.8 Å². The zero-order valence-electron chi connectivity index (χ0n) is 11.7. The fourth-order valence-electron chi connectivity index (χ4n) is 2.01. The normalized spacial score (nSPS) is 10.8. The third kappa shape index (κ3) is 2.57. The van der Waals surface area contributed by atoms with Crippen molar-refractivity contribution in [3.8, 4) is 28.8 Å². The smallest absolute Gasteiger partial charge is 0.276 e. The van der Waals surface area contributed by atoms with E-state index in [1.54, 1.807) is 36.7 Å². The van der Waals surface area contributed by atoms with Gasteiger partial charge >= 0.3 is 0 Å². The van der Waals surface area contributed by atoms with Crippen molar-refractivity contribution >= 4 is 0 Å². The molecule has 0 amide bonds. The lowest BCUT2D eigenvalue weighted by molar-refractivity contribution is 0.431. The van der Waals surface area contributed by atoms with E-state index in [4.69, 9.17) is 4.52 Å². The number of halogens is 1. The van der Waals surface area contributed by atoms with Crippen molar-refractivity contribution in [3.63, 3.8) is 0 Å². The van der Waals surface area contributed by atoms with Crippen molar-refractivity contribution in [1.82, 2.24) is 30.1 Å². The first-order chi connectivity index (χ1) is 11.3. The predicted molar refractivity (Wildman–Crippen MR) is 77.8 cm³/mol. The molecule has 4 aromatic rings. The Morgan fingerprint density at radius 2 is 1.87 bits per heavy atom. The maximum atomic E-state index is 13.0. The molecule has 1 aromatic carbocycles. The topological polar surface area (TPSA) is 82.5 Å². The van der Waals surface area contributed by atoms with Gasteiger partial charge in [-0.3, -0.25) is 4.98 Å². The molecule has 0 radical (unpaired) electrons. The zero-order valence-corrected chi connectivity index (χ0v) is 11.7. The molecule has 0 fully saturated rings. The first-order valence-corrected chi connectivity index (χ1v) is 6.73. The second-order valence-electron chi connectivity index (χ2n) is 4.66. The predicted octanol–water partition coefficient (Wildman–Crippen LogP) is 2.52. The molecule has 7 nitrogen and oxygen atoms in total. The van der Waals surface area contributed by atoms with E-state index in [0.29, 0.717) is 28.8 Å². The molecular formula is C15H9FN6O. The van der Waals surface area contributed by atoms with Crippen molar-refractivity contribution < 1.29 is 8.91 Å². The van der Waals surface area contributed by atoms with Crippen LogP contribution in [0.15, 0.2) is 59.4 Å². The number of hydrogen-bond acceptors (Lipinski definition) is 6. The fourth-order valence-corrected chi connectivity index (χ4v) is 2.01. The number of pyridine rings is 1. The lowest BCUT2D eigenvalue weighted by Crippen LogP contribution is -1.94. The van der Waals surface area contributed by atoms with E-state index in [-0.39, 0.29) is 5.82 Å². The minimum absolute atomic E-state index is 0.303. The van der Waals surface area contributed by atoms with Gasteiger partial charge in [0.1, 0.15) is 11.5 Å². The zero-order chi connectivity index (χ0) is 15.6. The van der Waals surface area contributed by atoms with E-state index in [1.807, 2.05) is 6.07 Å². The number of nitrogens with zero attached hydrogens (tertiary/aromatic N) is 6. The number of hydrogen-bond donors (Lipinski definition) is 0. The van der Waals surface area contributed by atoms with E-state index in [1.165, 1.54) is 16.8 Å². The summed E-state index contributed by atoms with van der Waals surface area (Å²) in [4.78, 5) is 8.40. The van der Waals surface area contributed by atoms with E-state index in [9.17, 15) is 4.39 Å². The van der Waals surface area contributed by atoms with Crippen molar-refractivity contribution in [2.24, 2.45) is 0 Å². The Labute approximate surface area is 129 Å². The molecular weight excluding hydrogens is 299 g/mol. The standard InChI is InChI=1S/C15H9FN6O/c16-10-4-6-11(7-5-10)22-9-13(19-21-22)14-18-15(23-20-14)12-3-1-2-8-17-12/h1-9H. The van der Waals surface area contributed by atoms with Crippen LogP contribution in [0.2, 0.25) is 0 Å². The third-order valence-corrected chi connectivity index (χ3v) is 3.12. The third-order valence-electron chi connectivity index (χ3n) is 3.12. The molecule has 0 bridgehead atoms. The van der Waals surface area contributed by atoms with Gasteiger partial charge in [-0.2, -0.15) is 4.98 Å². The minimum Gasteiger partial charge on any atom is -0.332 e. The summed E-state index contributed by atoms with van der Waals surface area (Å²) in [6.07, 6.45) is 3.28. The maximum absolute atomic E-state index is 13.0. The van der Waals surface area contributed by atoms with Crippen LogP contribution < -0.4 is 0 Å². The summed E-state index contributed by atoms with van der Waals surface area (Å²) in [7, 11) is 0. The van der Waals surface area contributed by atoms with Gasteiger partial charge < -0.3 is 4.52 Å². The van der Waals surface area contributed by atoms with Gasteiger partial charge in [0.25, 0.3) is 5.89 Å². The quantitative estimate of drug-likeness (QED) is 0.578. The van der Waals surface area contributed by atoms with E-state index in [2.05, 4.69) is 25.4 Å². The van der Waals surface area contributed by atoms with Crippen LogP contribution >= 0.6 is 0 Å². The fraction of sp³-hybridized carbons (Fsp3) is 0. The molecule has 0 N–H and O–H groups in total. The van der Waals surface area contributed by atoms with Crippen molar-refractivity contribution in [2.75, 3.05) is 0 Å². The second-order valence-corrected chi connectivity index (χ2v) is 4.66. The molecule has 0 aliphatic heterocycles. The SMILES string of the molecule is Fc1ccc(-n2cc(-c3noc(-c4ccccn4)n3)nn2)cc1. The average Bonchev–Trinajstić information content (AvgIpc) is 3.26. The molecule has 23 heavy (non-hydrogen) atoms. The van der Waals surface area contributed by atoms with Crippen molar-refractivity contribution in [1.29, 1.82) is 0 Å². The van der Waals surface area contributed by atoms with E-state index >= 15 is 0 Å². The van der Waals surface area contributed by atoms with E-state index in [0.717, 1.165) is 0 Å². The summed E-state index contributed by atoms with van der Waals surface area (Å²) < 4.78 is 19.6. The largest absolute Gasteiger partial charge is 0.332 e. The van der Waals surface area contributed by atoms with Crippen molar-refractivity contribution in [3.05, 3.63) is 60.7 Å². The molecule has 0 saturated heterocycles. The lowest BCUT2D eigenvalue weighted by atomic mass is 10.3. The summed E-state index contributed by atoms with van der Waals surface area (Å²) in [5.41, 5.74) is 1.70. The minimum atomic E-state index is -0.313. The molecule has 4 rings (SSSR count). The van der Waals surface area contributed by atoms with Gasteiger partial charge in [0, 0.05) is 6.20 Å². The monoisotopic (exact) mass is 308 g/mol. The van der Waals surface area contributed by atoms with Crippen LogP contribution in [0.4, 0.5) is 4.39 Å². The Balaban J connectivity index is 1.65. The Morgan fingerprint density at radius 3 is 2.65 bits per heavy atom. The first-order valence-electron chi connectivity index (χ1n) is 6.73. The lowest BCUT2D eigenvalue weighted by Gasteiger charge is -1.97. The van der Waals surface area contributed by atoms with Crippen LogP contribution in [-0.4, -0.2) is 30.1 Å². The highest BCUT2D eigenvalue weighted by atomic mass is 19.1. The second kappa shape index (κ2) is 5.41. The summed E-state index contributed by atoms with van der Waals surface area (Å²) >= 11 is 0. The van der Waals surface area contributed by atoms with Gasteiger partial charge in [-0.05, 0) is 36.4 Å². The summed E-state index contributed by atoms with van der Waals surface area (Å²) in [6.45, 7) is 0. The van der Waals surface area contributed by atoms with Crippen LogP contribution in [-0.2, 0) is 0 Å². The molecule has 0 aliphatic rings. The van der Waals surface area contributed by atoms with Gasteiger partial charge in [0.15, 0.2) is 5.69 Å². The highest BCUT2D eigenvalue weighted by Gasteiger charge is 2.14. The first kappa shape index (κ1) is 13.3. The molecule has 8 heteroatoms. The highest BCUT2D eigenvalue weighted by molar-refractivity contribution is 5.53. The molecule has 0 saturated carbocycles. The highest BCUT2D eigenvalue weighted by Crippen LogP contribution is 2.19. The number of rotatable bonds is 3. The summed E-state index contributed by atoms with van der Waals surface area (Å²) in [5, 5.41) is 11.9. The maximum Gasteiger partial charge on any atom is 0.276 e. The van der Waals surface area contributed by atoms with Crippen LogP contribution in [0.5, 0.6) is 0 Å². The molecule has 0 unspecified atom stereocenters. The van der Waals surface area contributed by atoms with Gasteiger partial charge in [-0.1, -0.05) is 16.4 Å². The van der Waals surface area contributed by atoms with Gasteiger partial charge in [0.05, 0.1) is 11.9 Å². The Kier molecular flexibility index (Phi) is 3.12. The molecule has 3 aromatic heterocycles. The van der Waals surface area contributed by atoms with E-state index < -0.39 is 0 Å². The Bertz CT molecular complexity index is 932. The summed E-state index contributed by atoms with van der Waals surface area (Å²) in [5.74, 6) is 0.295. The molecule has 0 spiro atoms.